The van der Waals surface area contributed by atoms with Gasteiger partial charge in [-0.15, -0.1) is 0 Å². The van der Waals surface area contributed by atoms with Gasteiger partial charge in [-0.05, 0) is 44.4 Å². The molecule has 0 fully saturated rings. The van der Waals surface area contributed by atoms with E-state index < -0.39 is 0 Å². The van der Waals surface area contributed by atoms with Gasteiger partial charge in [-0.2, -0.15) is 0 Å². The first-order chi connectivity index (χ1) is 7.58. The van der Waals surface area contributed by atoms with Crippen LogP contribution in [0.2, 0.25) is 0 Å². The highest BCUT2D eigenvalue weighted by molar-refractivity contribution is 5.81. The molecule has 1 aliphatic rings. The summed E-state index contributed by atoms with van der Waals surface area (Å²) in [6, 6.07) is 6.68. The van der Waals surface area contributed by atoms with Crippen molar-refractivity contribution < 1.29 is 0 Å². The van der Waals surface area contributed by atoms with Crippen LogP contribution in [-0.4, -0.2) is 5.54 Å². The predicted molar refractivity (Wildman–Crippen MR) is 71.8 cm³/mol. The maximum atomic E-state index is 3.64. The van der Waals surface area contributed by atoms with Crippen molar-refractivity contribution in [2.45, 2.75) is 46.1 Å². The van der Waals surface area contributed by atoms with E-state index in [9.17, 15) is 0 Å². The quantitative estimate of drug-likeness (QED) is 0.772. The highest BCUT2D eigenvalue weighted by Crippen LogP contribution is 2.37. The van der Waals surface area contributed by atoms with E-state index in [1.165, 1.54) is 22.4 Å². The SMILES string of the molecule is CCC1=C[C@@](C)(CC)Nc2ccc(C)cc21. The molecule has 1 atom stereocenters. The molecule has 1 heteroatoms. The molecule has 2 rings (SSSR count). The molecule has 0 bridgehead atoms. The number of rotatable bonds is 2. The molecule has 0 saturated carbocycles. The average Bonchev–Trinajstić information content (AvgIpc) is 2.29. The lowest BCUT2D eigenvalue weighted by atomic mass is 9.86. The maximum absolute atomic E-state index is 3.64. The topological polar surface area (TPSA) is 12.0 Å². The third kappa shape index (κ3) is 1.87. The van der Waals surface area contributed by atoms with Crippen LogP contribution in [0.4, 0.5) is 5.69 Å². The minimum atomic E-state index is 0.119. The molecule has 0 amide bonds. The number of nitrogens with one attached hydrogen (secondary N) is 1. The molecular weight excluding hydrogens is 194 g/mol. The molecular formula is C15H21N. The zero-order chi connectivity index (χ0) is 11.8. The van der Waals surface area contributed by atoms with E-state index in [1.54, 1.807) is 0 Å². The number of hydrogen-bond donors (Lipinski definition) is 1. The lowest BCUT2D eigenvalue weighted by Gasteiger charge is -2.34. The van der Waals surface area contributed by atoms with Gasteiger partial charge in [0.05, 0.1) is 5.54 Å². The van der Waals surface area contributed by atoms with Gasteiger partial charge in [0.2, 0.25) is 0 Å². The Bertz CT molecular complexity index is 431. The molecule has 0 radical (unpaired) electrons. The van der Waals surface area contributed by atoms with Crippen LogP contribution in [0.1, 0.15) is 44.7 Å². The number of aryl methyl sites for hydroxylation is 1. The molecule has 86 valence electrons. The monoisotopic (exact) mass is 215 g/mol. The van der Waals surface area contributed by atoms with Crippen LogP contribution in [0, 0.1) is 6.92 Å². The van der Waals surface area contributed by atoms with Gasteiger partial charge in [0.25, 0.3) is 0 Å². The number of allylic oxidation sites excluding steroid dienone is 1. The normalized spacial score (nSPS) is 23.4. The van der Waals surface area contributed by atoms with Crippen LogP contribution >= 0.6 is 0 Å². The molecule has 1 aliphatic heterocycles. The van der Waals surface area contributed by atoms with Gasteiger partial charge in [0.1, 0.15) is 0 Å². The Labute approximate surface area is 98.6 Å². The molecule has 0 unspecified atom stereocenters. The third-order valence-electron chi connectivity index (χ3n) is 3.55. The second-order valence-electron chi connectivity index (χ2n) is 4.97. The van der Waals surface area contributed by atoms with Crippen molar-refractivity contribution >= 4 is 11.3 Å². The third-order valence-corrected chi connectivity index (χ3v) is 3.55. The van der Waals surface area contributed by atoms with Crippen LogP contribution in [-0.2, 0) is 0 Å². The highest BCUT2D eigenvalue weighted by Gasteiger charge is 2.25. The van der Waals surface area contributed by atoms with Gasteiger partial charge in [-0.1, -0.05) is 31.6 Å². The fourth-order valence-electron chi connectivity index (χ4n) is 2.32. The van der Waals surface area contributed by atoms with Gasteiger partial charge >= 0.3 is 0 Å². The smallest absolute Gasteiger partial charge is 0.0531 e. The molecule has 1 N–H and O–H groups in total. The Morgan fingerprint density at radius 3 is 2.62 bits per heavy atom. The summed E-state index contributed by atoms with van der Waals surface area (Å²) in [6.45, 7) is 8.89. The largest absolute Gasteiger partial charge is 0.376 e. The average molecular weight is 215 g/mol. The van der Waals surface area contributed by atoms with Crippen LogP contribution in [0.3, 0.4) is 0 Å². The summed E-state index contributed by atoms with van der Waals surface area (Å²) < 4.78 is 0. The Morgan fingerprint density at radius 2 is 2.00 bits per heavy atom. The Balaban J connectivity index is 2.53. The fourth-order valence-corrected chi connectivity index (χ4v) is 2.32. The molecule has 16 heavy (non-hydrogen) atoms. The van der Waals surface area contributed by atoms with Gasteiger partial charge in [-0.25, -0.2) is 0 Å². The molecule has 0 aromatic heterocycles. The van der Waals surface area contributed by atoms with E-state index in [0.717, 1.165) is 12.8 Å². The molecule has 1 aromatic rings. The summed E-state index contributed by atoms with van der Waals surface area (Å²) >= 11 is 0. The summed E-state index contributed by atoms with van der Waals surface area (Å²) in [5.74, 6) is 0. The molecule has 1 aromatic carbocycles. The first-order valence-electron chi connectivity index (χ1n) is 6.19. The van der Waals surface area contributed by atoms with Crippen molar-refractivity contribution in [2.24, 2.45) is 0 Å². The van der Waals surface area contributed by atoms with Crippen LogP contribution in [0.5, 0.6) is 0 Å². The summed E-state index contributed by atoms with van der Waals surface area (Å²) in [4.78, 5) is 0. The van der Waals surface area contributed by atoms with Crippen molar-refractivity contribution in [3.05, 3.63) is 35.4 Å². The maximum Gasteiger partial charge on any atom is 0.0531 e. The first-order valence-corrected chi connectivity index (χ1v) is 6.19. The Hall–Kier alpha value is -1.24. The number of benzene rings is 1. The lowest BCUT2D eigenvalue weighted by molar-refractivity contribution is 0.607. The van der Waals surface area contributed by atoms with Crippen LogP contribution < -0.4 is 5.32 Å². The van der Waals surface area contributed by atoms with Gasteiger partial charge in [0, 0.05) is 11.3 Å². The zero-order valence-corrected chi connectivity index (χ0v) is 10.7. The zero-order valence-electron chi connectivity index (χ0n) is 10.7. The number of hydrogen-bond acceptors (Lipinski definition) is 1. The second-order valence-corrected chi connectivity index (χ2v) is 4.97. The van der Waals surface area contributed by atoms with E-state index in [0.29, 0.717) is 0 Å². The Morgan fingerprint density at radius 1 is 1.25 bits per heavy atom. The summed E-state index contributed by atoms with van der Waals surface area (Å²) in [5, 5.41) is 3.64. The molecule has 0 spiro atoms. The number of fused-ring (bicyclic) bond motifs is 1. The van der Waals surface area contributed by atoms with E-state index in [-0.39, 0.29) is 5.54 Å². The Kier molecular flexibility index (Phi) is 2.79. The van der Waals surface area contributed by atoms with Gasteiger partial charge < -0.3 is 5.32 Å². The molecule has 1 nitrogen and oxygen atoms in total. The van der Waals surface area contributed by atoms with E-state index in [4.69, 9.17) is 0 Å². The lowest BCUT2D eigenvalue weighted by Crippen LogP contribution is -2.34. The standard InChI is InChI=1S/C15H21N/c1-5-12-10-15(4,6-2)16-14-8-7-11(3)9-13(12)14/h7-10,16H,5-6H2,1-4H3/t15-/m1/s1. The van der Waals surface area contributed by atoms with Crippen LogP contribution in [0.15, 0.2) is 24.3 Å². The highest BCUT2D eigenvalue weighted by atomic mass is 15.0. The minimum absolute atomic E-state index is 0.119. The second kappa shape index (κ2) is 3.97. The minimum Gasteiger partial charge on any atom is -0.376 e. The van der Waals surface area contributed by atoms with Crippen molar-refractivity contribution in [3.63, 3.8) is 0 Å². The van der Waals surface area contributed by atoms with Crippen molar-refractivity contribution in [2.75, 3.05) is 5.32 Å². The van der Waals surface area contributed by atoms with E-state index in [1.807, 2.05) is 0 Å². The predicted octanol–water partition coefficient (Wildman–Crippen LogP) is 4.38. The fraction of sp³-hybridized carbons (Fsp3) is 0.467. The van der Waals surface area contributed by atoms with Gasteiger partial charge in [-0.3, -0.25) is 0 Å². The first kappa shape index (κ1) is 11.3. The van der Waals surface area contributed by atoms with Crippen LogP contribution in [0.25, 0.3) is 5.57 Å². The summed E-state index contributed by atoms with van der Waals surface area (Å²) in [5.41, 5.74) is 5.60. The van der Waals surface area contributed by atoms with Crippen molar-refractivity contribution in [1.29, 1.82) is 0 Å². The van der Waals surface area contributed by atoms with Gasteiger partial charge in [0.15, 0.2) is 0 Å². The van der Waals surface area contributed by atoms with E-state index >= 15 is 0 Å². The molecule has 0 aliphatic carbocycles. The molecule has 0 saturated heterocycles. The number of anilines is 1. The van der Waals surface area contributed by atoms with Crippen molar-refractivity contribution in [3.8, 4) is 0 Å². The van der Waals surface area contributed by atoms with Crippen molar-refractivity contribution in [1.82, 2.24) is 0 Å². The molecule has 1 heterocycles. The summed E-state index contributed by atoms with van der Waals surface area (Å²) in [6.07, 6.45) is 4.62. The van der Waals surface area contributed by atoms with E-state index in [2.05, 4.69) is 57.3 Å². The summed E-state index contributed by atoms with van der Waals surface area (Å²) in [7, 11) is 0.